The Morgan fingerprint density at radius 1 is 1.11 bits per heavy atom. The van der Waals surface area contributed by atoms with Gasteiger partial charge in [-0.1, -0.05) is 24.3 Å². The van der Waals surface area contributed by atoms with Crippen molar-refractivity contribution >= 4 is 11.8 Å². The smallest absolute Gasteiger partial charge is 0.0570 e. The summed E-state index contributed by atoms with van der Waals surface area (Å²) in [6.45, 7) is 3.94. The predicted molar refractivity (Wildman–Crippen MR) is 77.8 cm³/mol. The Morgan fingerprint density at radius 3 is 2.72 bits per heavy atom. The molecule has 0 unspecified atom stereocenters. The van der Waals surface area contributed by atoms with E-state index < -0.39 is 0 Å². The molecule has 1 aromatic heterocycles. The Balaban J connectivity index is 1.66. The molecule has 0 spiro atoms. The molecule has 0 saturated carbocycles. The minimum Gasteiger partial charge on any atom is -0.310 e. The van der Waals surface area contributed by atoms with E-state index >= 15 is 0 Å². The quantitative estimate of drug-likeness (QED) is 0.636. The molecule has 0 atom stereocenters. The first-order chi connectivity index (χ1) is 8.86. The highest BCUT2D eigenvalue weighted by molar-refractivity contribution is 7.99. The second-order valence-corrected chi connectivity index (χ2v) is 5.27. The van der Waals surface area contributed by atoms with E-state index in [1.54, 1.807) is 0 Å². The minimum atomic E-state index is 0.849. The van der Waals surface area contributed by atoms with Crippen LogP contribution >= 0.6 is 11.8 Å². The molecule has 1 N–H and O–H groups in total. The van der Waals surface area contributed by atoms with Gasteiger partial charge in [-0.15, -0.1) is 11.8 Å². The van der Waals surface area contributed by atoms with Gasteiger partial charge in [0.25, 0.3) is 0 Å². The third-order valence-corrected chi connectivity index (χ3v) is 3.71. The van der Waals surface area contributed by atoms with Crippen LogP contribution in [0, 0.1) is 6.92 Å². The third-order valence-electron chi connectivity index (χ3n) is 2.70. The zero-order valence-corrected chi connectivity index (χ0v) is 11.4. The molecule has 1 heterocycles. The highest BCUT2D eigenvalue weighted by atomic mass is 32.2. The van der Waals surface area contributed by atoms with Gasteiger partial charge in [0, 0.05) is 29.9 Å². The van der Waals surface area contributed by atoms with E-state index in [9.17, 15) is 0 Å². The van der Waals surface area contributed by atoms with Crippen LogP contribution in [0.5, 0.6) is 0 Å². The summed E-state index contributed by atoms with van der Waals surface area (Å²) in [5.74, 6) is 1.08. The highest BCUT2D eigenvalue weighted by Crippen LogP contribution is 2.15. The summed E-state index contributed by atoms with van der Waals surface area (Å²) < 4.78 is 0. The van der Waals surface area contributed by atoms with E-state index in [0.717, 1.165) is 24.5 Å². The average molecular weight is 258 g/mol. The molecule has 0 bridgehead atoms. The second kappa shape index (κ2) is 7.19. The monoisotopic (exact) mass is 258 g/mol. The first-order valence-electron chi connectivity index (χ1n) is 6.15. The molecule has 0 aliphatic carbocycles. The number of benzene rings is 1. The number of thioether (sulfide) groups is 1. The Morgan fingerprint density at radius 2 is 1.94 bits per heavy atom. The van der Waals surface area contributed by atoms with Gasteiger partial charge in [-0.05, 0) is 30.7 Å². The lowest BCUT2D eigenvalue weighted by molar-refractivity contribution is 0.711. The molecule has 0 aliphatic rings. The van der Waals surface area contributed by atoms with Crippen molar-refractivity contribution in [1.29, 1.82) is 0 Å². The van der Waals surface area contributed by atoms with Crippen LogP contribution < -0.4 is 5.32 Å². The van der Waals surface area contributed by atoms with Crippen molar-refractivity contribution in [3.8, 4) is 0 Å². The Labute approximate surface area is 113 Å². The van der Waals surface area contributed by atoms with Gasteiger partial charge in [-0.3, -0.25) is 4.98 Å². The number of pyridine rings is 1. The normalized spacial score (nSPS) is 10.5. The van der Waals surface area contributed by atoms with Gasteiger partial charge in [0.2, 0.25) is 0 Å². The zero-order chi connectivity index (χ0) is 12.6. The van der Waals surface area contributed by atoms with Crippen LogP contribution in [-0.2, 0) is 6.54 Å². The first-order valence-corrected chi connectivity index (χ1v) is 7.14. The lowest BCUT2D eigenvalue weighted by Gasteiger charge is -2.06. The van der Waals surface area contributed by atoms with Crippen LogP contribution in [0.1, 0.15) is 11.3 Å². The van der Waals surface area contributed by atoms with Gasteiger partial charge in [0.1, 0.15) is 0 Å². The van der Waals surface area contributed by atoms with Crippen LogP contribution in [0.25, 0.3) is 0 Å². The number of hydrogen-bond acceptors (Lipinski definition) is 3. The van der Waals surface area contributed by atoms with Crippen LogP contribution in [-0.4, -0.2) is 17.3 Å². The Hall–Kier alpha value is -1.32. The molecule has 0 amide bonds. The lowest BCUT2D eigenvalue weighted by Crippen LogP contribution is -2.17. The maximum Gasteiger partial charge on any atom is 0.0570 e. The Bertz CT molecular complexity index is 471. The van der Waals surface area contributed by atoms with Crippen LogP contribution in [0.2, 0.25) is 0 Å². The SMILES string of the molecule is Cc1cccnc1CNCCSc1ccccc1. The number of aromatic nitrogens is 1. The molecule has 2 aromatic rings. The topological polar surface area (TPSA) is 24.9 Å². The lowest BCUT2D eigenvalue weighted by atomic mass is 10.2. The summed E-state index contributed by atoms with van der Waals surface area (Å²) in [5, 5.41) is 3.43. The molecule has 0 radical (unpaired) electrons. The molecule has 2 nitrogen and oxygen atoms in total. The maximum absolute atomic E-state index is 4.36. The Kier molecular flexibility index (Phi) is 5.24. The van der Waals surface area contributed by atoms with Gasteiger partial charge in [0.05, 0.1) is 5.69 Å². The summed E-state index contributed by atoms with van der Waals surface area (Å²) >= 11 is 1.88. The molecule has 94 valence electrons. The molecule has 0 saturated heterocycles. The molecule has 0 aliphatic heterocycles. The zero-order valence-electron chi connectivity index (χ0n) is 10.6. The first kappa shape index (κ1) is 13.1. The standard InChI is InChI=1S/C15H18N2S/c1-13-6-5-9-17-15(13)12-16-10-11-18-14-7-3-2-4-8-14/h2-9,16H,10-12H2,1H3. The van der Waals surface area contributed by atoms with Gasteiger partial charge in [-0.2, -0.15) is 0 Å². The average Bonchev–Trinajstić information content (AvgIpc) is 2.42. The van der Waals surface area contributed by atoms with Crippen LogP contribution in [0.3, 0.4) is 0 Å². The van der Waals surface area contributed by atoms with Crippen LogP contribution in [0.4, 0.5) is 0 Å². The van der Waals surface area contributed by atoms with Crippen molar-refractivity contribution in [2.24, 2.45) is 0 Å². The van der Waals surface area contributed by atoms with E-state index in [4.69, 9.17) is 0 Å². The second-order valence-electron chi connectivity index (χ2n) is 4.11. The molecule has 1 aromatic carbocycles. The van der Waals surface area contributed by atoms with Gasteiger partial charge < -0.3 is 5.32 Å². The fraction of sp³-hybridized carbons (Fsp3) is 0.267. The highest BCUT2D eigenvalue weighted by Gasteiger charge is 1.98. The summed E-state index contributed by atoms with van der Waals surface area (Å²) in [6.07, 6.45) is 1.85. The van der Waals surface area contributed by atoms with Crippen molar-refractivity contribution in [2.75, 3.05) is 12.3 Å². The summed E-state index contributed by atoms with van der Waals surface area (Å²) in [4.78, 5) is 5.69. The number of nitrogens with zero attached hydrogens (tertiary/aromatic N) is 1. The van der Waals surface area contributed by atoms with Gasteiger partial charge >= 0.3 is 0 Å². The van der Waals surface area contributed by atoms with Crippen molar-refractivity contribution < 1.29 is 0 Å². The van der Waals surface area contributed by atoms with Crippen LogP contribution in [0.15, 0.2) is 53.6 Å². The maximum atomic E-state index is 4.36. The summed E-state index contributed by atoms with van der Waals surface area (Å²) in [6, 6.07) is 14.6. The number of nitrogens with one attached hydrogen (secondary N) is 1. The van der Waals surface area contributed by atoms with E-state index in [0.29, 0.717) is 0 Å². The van der Waals surface area contributed by atoms with Crippen molar-refractivity contribution in [3.05, 3.63) is 59.9 Å². The number of hydrogen-bond donors (Lipinski definition) is 1. The van der Waals surface area contributed by atoms with Crippen molar-refractivity contribution in [1.82, 2.24) is 10.3 Å². The van der Waals surface area contributed by atoms with Gasteiger partial charge in [-0.25, -0.2) is 0 Å². The van der Waals surface area contributed by atoms with E-state index in [1.807, 2.05) is 30.1 Å². The molecule has 2 rings (SSSR count). The fourth-order valence-electron chi connectivity index (χ4n) is 1.67. The van der Waals surface area contributed by atoms with Gasteiger partial charge in [0.15, 0.2) is 0 Å². The molecular weight excluding hydrogens is 240 g/mol. The molecule has 3 heteroatoms. The summed E-state index contributed by atoms with van der Waals surface area (Å²) in [7, 11) is 0. The molecule has 18 heavy (non-hydrogen) atoms. The molecular formula is C15H18N2S. The largest absolute Gasteiger partial charge is 0.310 e. The molecule has 0 fully saturated rings. The summed E-state index contributed by atoms with van der Waals surface area (Å²) in [5.41, 5.74) is 2.39. The van der Waals surface area contributed by atoms with E-state index in [1.165, 1.54) is 10.5 Å². The number of rotatable bonds is 6. The van der Waals surface area contributed by atoms with Crippen molar-refractivity contribution in [2.45, 2.75) is 18.4 Å². The fourth-order valence-corrected chi connectivity index (χ4v) is 2.50. The van der Waals surface area contributed by atoms with E-state index in [-0.39, 0.29) is 0 Å². The van der Waals surface area contributed by atoms with E-state index in [2.05, 4.69) is 47.6 Å². The van der Waals surface area contributed by atoms with Crippen molar-refractivity contribution in [3.63, 3.8) is 0 Å². The number of aryl methyl sites for hydroxylation is 1. The third kappa shape index (κ3) is 4.17. The minimum absolute atomic E-state index is 0.849. The predicted octanol–water partition coefficient (Wildman–Crippen LogP) is 3.27.